The number of benzene rings is 4. The molecule has 13 rings (SSSR count). The normalized spacial score (nSPS) is 23.1. The Bertz CT molecular complexity index is 3810. The Labute approximate surface area is 478 Å². The molecular formula is C62H56N10O12. The summed E-state index contributed by atoms with van der Waals surface area (Å²) in [5, 5.41) is 98.2. The van der Waals surface area contributed by atoms with Gasteiger partial charge in [-0.2, -0.15) is 0 Å². The van der Waals surface area contributed by atoms with Crippen molar-refractivity contribution in [2.75, 3.05) is 13.2 Å². The van der Waals surface area contributed by atoms with E-state index in [1.54, 1.807) is 21.8 Å². The first kappa shape index (κ1) is 54.5. The smallest absolute Gasteiger partial charge is 0.187 e. The second-order valence-electron chi connectivity index (χ2n) is 20.7. The summed E-state index contributed by atoms with van der Waals surface area (Å²) >= 11 is 0. The number of aromatic nitrogens is 10. The maximum absolute atomic E-state index is 10.5. The van der Waals surface area contributed by atoms with Crippen LogP contribution in [0.2, 0.25) is 0 Å². The Morgan fingerprint density at radius 3 is 1.07 bits per heavy atom. The SMILES string of the molecule is OC[C@H]1O[C@H](OCc2cn(-c3ccc(-c4c5nc(c(-c6ccccc6)c6ccc([nH]6)c(-c6ccc(-n7cc(CO[C@H]8O[C@H](CO)[C@@H](O)[C@H](O)[C@@H]8O)nn7)cc6)c6nc(c(-c7ccccc7)c7ccc4[nH]7)C=C6)C=C5)cc3)nn2)[C@@H](O)[C@@H](O)[C@@H]1O. The van der Waals surface area contributed by atoms with Gasteiger partial charge in [-0.3, -0.25) is 0 Å². The Morgan fingerprint density at radius 2 is 0.738 bits per heavy atom. The van der Waals surface area contributed by atoms with Gasteiger partial charge in [-0.1, -0.05) is 95.4 Å². The van der Waals surface area contributed by atoms with E-state index in [4.69, 9.17) is 28.9 Å². The van der Waals surface area contributed by atoms with Crippen molar-refractivity contribution in [1.29, 1.82) is 0 Å². The predicted octanol–water partition coefficient (Wildman–Crippen LogP) is 5.12. The standard InChI is InChI=1S/C62H56N10O12/c73-29-49-55(75)57(77)59(79)61(83-49)81-31-37-27-71(69-67-37)39-15-11-35(12-16-39)53-45-23-19-41(63-45)51(33-7-3-1-4-8-33)42-20-24-46(64-42)54(48-26-22-44(66-48)52(34-9-5-2-6-10-34)43-21-25-47(53)65-43)36-13-17-40(18-14-36)72-28-38(68-70-72)32-82-62-60(80)58(78)56(76)50(30-74)84-62/h1-28,49-50,55-63,66,73-80H,29-32H2/t49-,50-,55-,56-,57+,58+,59+,60+,61+,62+/m1/s1. The number of aliphatic hydroxyl groups is 8. The molecule has 0 saturated carbocycles. The molecule has 4 aliphatic heterocycles. The van der Waals surface area contributed by atoms with Gasteiger partial charge in [-0.15, -0.1) is 10.2 Å². The number of aliphatic hydroxyl groups excluding tert-OH is 8. The molecule has 10 atom stereocenters. The van der Waals surface area contributed by atoms with Gasteiger partial charge in [0.1, 0.15) is 60.2 Å². The lowest BCUT2D eigenvalue weighted by Crippen LogP contribution is -2.59. The van der Waals surface area contributed by atoms with Crippen molar-refractivity contribution < 1.29 is 59.8 Å². The largest absolute Gasteiger partial charge is 0.394 e. The highest BCUT2D eigenvalue weighted by Gasteiger charge is 2.45. The summed E-state index contributed by atoms with van der Waals surface area (Å²) in [6.07, 6.45) is -2.67. The summed E-state index contributed by atoms with van der Waals surface area (Å²) in [6.45, 7) is -1.44. The van der Waals surface area contributed by atoms with Crippen molar-refractivity contribution in [3.8, 4) is 55.9 Å². The van der Waals surface area contributed by atoms with E-state index in [2.05, 4.69) is 79.1 Å². The first-order valence-corrected chi connectivity index (χ1v) is 27.2. The zero-order chi connectivity index (χ0) is 57.6. The van der Waals surface area contributed by atoms with Gasteiger partial charge >= 0.3 is 0 Å². The second-order valence-corrected chi connectivity index (χ2v) is 20.7. The topological polar surface area (TPSA) is 318 Å². The molecule has 9 aromatic rings. The monoisotopic (exact) mass is 1130 g/mol. The van der Waals surface area contributed by atoms with Crippen molar-refractivity contribution in [3.63, 3.8) is 0 Å². The fourth-order valence-electron chi connectivity index (χ4n) is 10.9. The number of H-pyrrole nitrogens is 2. The highest BCUT2D eigenvalue weighted by atomic mass is 16.7. The molecular weight excluding hydrogens is 1080 g/mol. The lowest BCUT2D eigenvalue weighted by molar-refractivity contribution is -0.304. The highest BCUT2D eigenvalue weighted by Crippen LogP contribution is 2.39. The summed E-state index contributed by atoms with van der Waals surface area (Å²) in [5.74, 6) is 0. The van der Waals surface area contributed by atoms with Gasteiger partial charge in [0.25, 0.3) is 0 Å². The maximum Gasteiger partial charge on any atom is 0.187 e. The fraction of sp³-hybridized carbons (Fsp3) is 0.226. The molecule has 0 radical (unpaired) electrons. The van der Waals surface area contributed by atoms with Gasteiger partial charge in [-0.25, -0.2) is 19.3 Å². The van der Waals surface area contributed by atoms with Crippen LogP contribution in [0, 0.1) is 0 Å². The summed E-state index contributed by atoms with van der Waals surface area (Å²) in [7, 11) is 0. The van der Waals surface area contributed by atoms with E-state index < -0.39 is 74.6 Å². The minimum atomic E-state index is -1.58. The van der Waals surface area contributed by atoms with Gasteiger partial charge in [0.2, 0.25) is 0 Å². The molecule has 2 fully saturated rings. The molecule has 22 nitrogen and oxygen atoms in total. The van der Waals surface area contributed by atoms with Gasteiger partial charge in [0.15, 0.2) is 12.6 Å². The molecule has 4 aliphatic rings. The predicted molar refractivity (Wildman–Crippen MR) is 308 cm³/mol. The fourth-order valence-corrected chi connectivity index (χ4v) is 10.9. The summed E-state index contributed by atoms with van der Waals surface area (Å²) in [5.41, 5.74) is 15.4. The summed E-state index contributed by atoms with van der Waals surface area (Å²) in [4.78, 5) is 18.4. The number of hydrogen-bond acceptors (Lipinski definition) is 18. The minimum Gasteiger partial charge on any atom is -0.394 e. The first-order chi connectivity index (χ1) is 41.0. The third-order valence-corrected chi connectivity index (χ3v) is 15.3. The molecule has 10 N–H and O–H groups in total. The second kappa shape index (κ2) is 23.1. The number of nitrogens with zero attached hydrogens (tertiary/aromatic N) is 8. The van der Waals surface area contributed by atoms with Crippen LogP contribution in [0.25, 0.3) is 102 Å². The summed E-state index contributed by atoms with van der Waals surface area (Å²) in [6, 6.07) is 44.1. The van der Waals surface area contributed by atoms with Gasteiger partial charge in [0, 0.05) is 44.3 Å². The van der Waals surface area contributed by atoms with Crippen LogP contribution in [0.1, 0.15) is 34.2 Å². The number of aromatic amines is 2. The van der Waals surface area contributed by atoms with E-state index in [9.17, 15) is 40.9 Å². The van der Waals surface area contributed by atoms with Crippen LogP contribution in [0.4, 0.5) is 0 Å². The van der Waals surface area contributed by atoms with Crippen LogP contribution in [0.15, 0.2) is 146 Å². The van der Waals surface area contributed by atoms with Crippen molar-refractivity contribution in [2.45, 2.75) is 74.6 Å². The van der Waals surface area contributed by atoms with Crippen LogP contribution in [-0.4, -0.2) is 165 Å². The summed E-state index contributed by atoms with van der Waals surface area (Å²) < 4.78 is 25.6. The highest BCUT2D eigenvalue weighted by molar-refractivity contribution is 6.00. The molecule has 0 aliphatic carbocycles. The molecule has 426 valence electrons. The van der Waals surface area contributed by atoms with Gasteiger partial charge < -0.3 is 69.8 Å². The molecule has 22 heteroatoms. The Balaban J connectivity index is 0.886. The van der Waals surface area contributed by atoms with Crippen molar-refractivity contribution in [2.24, 2.45) is 0 Å². The number of rotatable bonds is 14. The third-order valence-electron chi connectivity index (χ3n) is 15.3. The quantitative estimate of drug-likeness (QED) is 0.0676. The van der Waals surface area contributed by atoms with Crippen LogP contribution in [-0.2, 0) is 32.2 Å². The van der Waals surface area contributed by atoms with Crippen molar-refractivity contribution in [1.82, 2.24) is 49.9 Å². The Morgan fingerprint density at radius 1 is 0.405 bits per heavy atom. The average Bonchev–Trinajstić information content (AvgIpc) is 4.56. The lowest BCUT2D eigenvalue weighted by atomic mass is 9.99. The number of hydrogen-bond donors (Lipinski definition) is 10. The molecule has 2 saturated heterocycles. The van der Waals surface area contributed by atoms with E-state index >= 15 is 0 Å². The number of ether oxygens (including phenoxy) is 4. The first-order valence-electron chi connectivity index (χ1n) is 27.2. The van der Waals surface area contributed by atoms with Crippen molar-refractivity contribution >= 4 is 46.4 Å². The van der Waals surface area contributed by atoms with E-state index in [1.807, 2.05) is 109 Å². The van der Waals surface area contributed by atoms with Crippen LogP contribution >= 0.6 is 0 Å². The lowest BCUT2D eigenvalue weighted by Gasteiger charge is -2.39. The maximum atomic E-state index is 10.5. The molecule has 0 spiro atoms. The minimum absolute atomic E-state index is 0.142. The Hall–Kier alpha value is -8.72. The zero-order valence-corrected chi connectivity index (χ0v) is 44.6. The molecule has 0 unspecified atom stereocenters. The zero-order valence-electron chi connectivity index (χ0n) is 44.6. The molecule has 0 amide bonds. The van der Waals surface area contributed by atoms with Gasteiger partial charge in [-0.05, 0) is 95.1 Å². The van der Waals surface area contributed by atoms with Crippen LogP contribution < -0.4 is 0 Å². The van der Waals surface area contributed by atoms with Gasteiger partial charge in [0.05, 0.1) is 73.0 Å². The number of fused-ring (bicyclic) bond motifs is 8. The number of nitrogens with one attached hydrogen (secondary N) is 2. The van der Waals surface area contributed by atoms with E-state index in [-0.39, 0.29) is 13.2 Å². The van der Waals surface area contributed by atoms with E-state index in [0.29, 0.717) is 22.8 Å². The molecule has 84 heavy (non-hydrogen) atoms. The average molecular weight is 1130 g/mol. The van der Waals surface area contributed by atoms with Crippen LogP contribution in [0.5, 0.6) is 0 Å². The third kappa shape index (κ3) is 10.5. The van der Waals surface area contributed by atoms with Crippen LogP contribution in [0.3, 0.4) is 0 Å². The molecule has 4 aromatic carbocycles. The Kier molecular flexibility index (Phi) is 15.0. The van der Waals surface area contributed by atoms with Crippen molar-refractivity contribution in [3.05, 3.63) is 180 Å². The van der Waals surface area contributed by atoms with E-state index in [1.165, 1.54) is 0 Å². The molecule has 8 bridgehead atoms. The molecule has 5 aromatic heterocycles. The van der Waals surface area contributed by atoms with E-state index in [0.717, 1.165) is 89.4 Å². The molecule has 9 heterocycles.